The number of carboxylic acid groups (broad SMARTS) is 1. The Morgan fingerprint density at radius 1 is 1.57 bits per heavy atom. The number of rotatable bonds is 3. The molecule has 1 aromatic rings. The third-order valence-electron chi connectivity index (χ3n) is 1.85. The summed E-state index contributed by atoms with van der Waals surface area (Å²) in [6, 6.07) is 2.81. The first-order valence-electron chi connectivity index (χ1n) is 3.95. The summed E-state index contributed by atoms with van der Waals surface area (Å²) in [4.78, 5) is 10.5. The van der Waals surface area contributed by atoms with E-state index < -0.39 is 23.4 Å². The van der Waals surface area contributed by atoms with E-state index in [0.29, 0.717) is 5.56 Å². The predicted molar refractivity (Wildman–Crippen MR) is 47.4 cm³/mol. The molecular formula is C9H10FNO3. The van der Waals surface area contributed by atoms with Crippen LogP contribution in [0.1, 0.15) is 22.0 Å². The Morgan fingerprint density at radius 2 is 2.21 bits per heavy atom. The molecule has 14 heavy (non-hydrogen) atoms. The number of aromatic carboxylic acids is 1. The van der Waals surface area contributed by atoms with Crippen molar-refractivity contribution in [3.05, 3.63) is 35.1 Å². The summed E-state index contributed by atoms with van der Waals surface area (Å²) in [5.74, 6) is -2.17. The maximum atomic E-state index is 12.9. The van der Waals surface area contributed by atoms with Crippen LogP contribution in [0, 0.1) is 5.82 Å². The van der Waals surface area contributed by atoms with E-state index in [1.165, 1.54) is 6.07 Å². The second kappa shape index (κ2) is 4.17. The summed E-state index contributed by atoms with van der Waals surface area (Å²) in [6.45, 7) is -0.315. The number of benzene rings is 1. The molecule has 0 saturated heterocycles. The normalized spacial score (nSPS) is 12.5. The zero-order valence-electron chi connectivity index (χ0n) is 7.27. The lowest BCUT2D eigenvalue weighted by Crippen LogP contribution is -2.15. The van der Waals surface area contributed by atoms with Crippen LogP contribution in [0.2, 0.25) is 0 Å². The van der Waals surface area contributed by atoms with Crippen LogP contribution in [0.25, 0.3) is 0 Å². The maximum Gasteiger partial charge on any atom is 0.338 e. The average molecular weight is 199 g/mol. The van der Waals surface area contributed by atoms with Gasteiger partial charge >= 0.3 is 5.97 Å². The number of nitrogens with two attached hydrogens (primary N) is 1. The number of hydrogen-bond acceptors (Lipinski definition) is 3. The molecule has 4 N–H and O–H groups in total. The second-order valence-electron chi connectivity index (χ2n) is 2.83. The number of aliphatic hydroxyl groups excluding tert-OH is 1. The van der Waals surface area contributed by atoms with Crippen LogP contribution in [0.5, 0.6) is 0 Å². The highest BCUT2D eigenvalue weighted by molar-refractivity contribution is 5.88. The van der Waals surface area contributed by atoms with E-state index in [9.17, 15) is 9.18 Å². The van der Waals surface area contributed by atoms with Crippen LogP contribution < -0.4 is 5.73 Å². The van der Waals surface area contributed by atoms with Gasteiger partial charge in [-0.05, 0) is 17.7 Å². The predicted octanol–water partition coefficient (Wildman–Crippen LogP) is 0.516. The quantitative estimate of drug-likeness (QED) is 0.662. The molecule has 0 spiro atoms. The van der Waals surface area contributed by atoms with E-state index in [1.807, 2.05) is 0 Å². The standard InChI is InChI=1S/C9H10FNO3/c10-7-2-1-5(8(11)4-12)3-6(7)9(13)14/h1-3,8,12H,4,11H2,(H,13,14)/t8-/m0/s1. The fraction of sp³-hybridized carbons (Fsp3) is 0.222. The van der Waals surface area contributed by atoms with Crippen molar-refractivity contribution in [2.45, 2.75) is 6.04 Å². The number of carboxylic acids is 1. The van der Waals surface area contributed by atoms with E-state index in [4.69, 9.17) is 15.9 Å². The van der Waals surface area contributed by atoms with E-state index in [2.05, 4.69) is 0 Å². The minimum atomic E-state index is -1.35. The smallest absolute Gasteiger partial charge is 0.338 e. The lowest BCUT2D eigenvalue weighted by Gasteiger charge is -2.09. The third-order valence-corrected chi connectivity index (χ3v) is 1.85. The Bertz CT molecular complexity index is 354. The van der Waals surface area contributed by atoms with Gasteiger partial charge in [-0.3, -0.25) is 0 Å². The zero-order chi connectivity index (χ0) is 10.7. The van der Waals surface area contributed by atoms with Gasteiger partial charge in [0.1, 0.15) is 5.82 Å². The van der Waals surface area contributed by atoms with Crippen molar-refractivity contribution in [3.63, 3.8) is 0 Å². The number of carbonyl (C=O) groups is 1. The van der Waals surface area contributed by atoms with Crippen molar-refractivity contribution in [1.29, 1.82) is 0 Å². The van der Waals surface area contributed by atoms with Gasteiger partial charge < -0.3 is 15.9 Å². The fourth-order valence-electron chi connectivity index (χ4n) is 1.04. The van der Waals surface area contributed by atoms with Crippen LogP contribution in [-0.2, 0) is 0 Å². The largest absolute Gasteiger partial charge is 0.478 e. The van der Waals surface area contributed by atoms with Crippen molar-refractivity contribution in [2.75, 3.05) is 6.61 Å². The van der Waals surface area contributed by atoms with Gasteiger partial charge in [0.05, 0.1) is 18.2 Å². The van der Waals surface area contributed by atoms with Gasteiger partial charge in [0.15, 0.2) is 0 Å². The molecular weight excluding hydrogens is 189 g/mol. The lowest BCUT2D eigenvalue weighted by atomic mass is 10.0. The molecule has 1 rings (SSSR count). The Kier molecular flexibility index (Phi) is 3.16. The topological polar surface area (TPSA) is 83.5 Å². The summed E-state index contributed by atoms with van der Waals surface area (Å²) in [6.07, 6.45) is 0. The minimum Gasteiger partial charge on any atom is -0.478 e. The van der Waals surface area contributed by atoms with Gasteiger partial charge in [0, 0.05) is 0 Å². The maximum absolute atomic E-state index is 12.9. The zero-order valence-corrected chi connectivity index (χ0v) is 7.27. The van der Waals surface area contributed by atoms with Crippen LogP contribution in [0.3, 0.4) is 0 Å². The molecule has 0 aliphatic carbocycles. The first-order valence-corrected chi connectivity index (χ1v) is 3.95. The Morgan fingerprint density at radius 3 is 2.71 bits per heavy atom. The fourth-order valence-corrected chi connectivity index (χ4v) is 1.04. The van der Waals surface area contributed by atoms with E-state index >= 15 is 0 Å². The van der Waals surface area contributed by atoms with Crippen molar-refractivity contribution in [3.8, 4) is 0 Å². The van der Waals surface area contributed by atoms with E-state index in [-0.39, 0.29) is 6.61 Å². The van der Waals surface area contributed by atoms with Crippen molar-refractivity contribution in [2.24, 2.45) is 5.73 Å². The van der Waals surface area contributed by atoms with Gasteiger partial charge in [0.2, 0.25) is 0 Å². The molecule has 76 valence electrons. The number of halogens is 1. The molecule has 0 bridgehead atoms. The molecule has 0 aromatic heterocycles. The highest BCUT2D eigenvalue weighted by Gasteiger charge is 2.13. The second-order valence-corrected chi connectivity index (χ2v) is 2.83. The van der Waals surface area contributed by atoms with Crippen LogP contribution in [-0.4, -0.2) is 22.8 Å². The van der Waals surface area contributed by atoms with Crippen LogP contribution >= 0.6 is 0 Å². The highest BCUT2D eigenvalue weighted by atomic mass is 19.1. The molecule has 0 aliphatic rings. The van der Waals surface area contributed by atoms with Crippen molar-refractivity contribution >= 4 is 5.97 Å². The molecule has 4 nitrogen and oxygen atoms in total. The molecule has 0 fully saturated rings. The molecule has 0 amide bonds. The first kappa shape index (κ1) is 10.6. The van der Waals surface area contributed by atoms with Gasteiger partial charge in [-0.25, -0.2) is 9.18 Å². The van der Waals surface area contributed by atoms with Crippen molar-refractivity contribution < 1.29 is 19.4 Å². The van der Waals surface area contributed by atoms with Gasteiger partial charge in [-0.1, -0.05) is 6.07 Å². The van der Waals surface area contributed by atoms with Crippen LogP contribution in [0.15, 0.2) is 18.2 Å². The van der Waals surface area contributed by atoms with E-state index in [1.54, 1.807) is 0 Å². The SMILES string of the molecule is N[C@@H](CO)c1ccc(F)c(C(=O)O)c1. The Labute approximate surface area is 79.8 Å². The summed E-state index contributed by atoms with van der Waals surface area (Å²) < 4.78 is 12.9. The van der Waals surface area contributed by atoms with Gasteiger partial charge in [-0.2, -0.15) is 0 Å². The van der Waals surface area contributed by atoms with Crippen LogP contribution in [0.4, 0.5) is 4.39 Å². The summed E-state index contributed by atoms with van der Waals surface area (Å²) >= 11 is 0. The summed E-state index contributed by atoms with van der Waals surface area (Å²) in [5, 5.41) is 17.3. The lowest BCUT2D eigenvalue weighted by molar-refractivity contribution is 0.0691. The Balaban J connectivity index is 3.12. The van der Waals surface area contributed by atoms with Gasteiger partial charge in [0.25, 0.3) is 0 Å². The monoisotopic (exact) mass is 199 g/mol. The summed E-state index contributed by atoms with van der Waals surface area (Å²) in [5.41, 5.74) is 5.40. The molecule has 1 atom stereocenters. The van der Waals surface area contributed by atoms with E-state index in [0.717, 1.165) is 12.1 Å². The molecule has 0 radical (unpaired) electrons. The first-order chi connectivity index (χ1) is 6.56. The number of hydrogen-bond donors (Lipinski definition) is 3. The molecule has 0 saturated carbocycles. The molecule has 0 heterocycles. The van der Waals surface area contributed by atoms with Gasteiger partial charge in [-0.15, -0.1) is 0 Å². The molecule has 0 aliphatic heterocycles. The molecule has 0 unspecified atom stereocenters. The minimum absolute atomic E-state index is 0.315. The summed E-state index contributed by atoms with van der Waals surface area (Å²) in [7, 11) is 0. The average Bonchev–Trinajstić information content (AvgIpc) is 2.17. The molecule has 1 aromatic carbocycles. The van der Waals surface area contributed by atoms with Crippen molar-refractivity contribution in [1.82, 2.24) is 0 Å². The number of aliphatic hydroxyl groups is 1. The Hall–Kier alpha value is -1.46. The third kappa shape index (κ3) is 2.07. The molecule has 5 heteroatoms. The highest BCUT2D eigenvalue weighted by Crippen LogP contribution is 2.15.